The molecular weight excluding hydrogens is 601 g/mol. The van der Waals surface area contributed by atoms with Crippen molar-refractivity contribution in [3.05, 3.63) is 72.0 Å². The van der Waals surface area contributed by atoms with Crippen LogP contribution in [-0.2, 0) is 25.6 Å². The van der Waals surface area contributed by atoms with Gasteiger partial charge < -0.3 is 29.6 Å². The third-order valence-corrected chi connectivity index (χ3v) is 8.17. The van der Waals surface area contributed by atoms with Crippen molar-refractivity contribution >= 4 is 30.6 Å². The van der Waals surface area contributed by atoms with Crippen LogP contribution in [0.2, 0.25) is 0 Å². The van der Waals surface area contributed by atoms with Gasteiger partial charge >= 0.3 is 7.60 Å². The zero-order chi connectivity index (χ0) is 32.8. The van der Waals surface area contributed by atoms with Gasteiger partial charge in [0.2, 0.25) is 11.8 Å². The zero-order valence-corrected chi connectivity index (χ0v) is 26.7. The van der Waals surface area contributed by atoms with Gasteiger partial charge in [-0.25, -0.2) is 5.48 Å². The molecule has 3 amide bonds. The van der Waals surface area contributed by atoms with Crippen molar-refractivity contribution in [3.63, 3.8) is 0 Å². The smallest absolute Gasteiger partial charge is 0.359 e. The van der Waals surface area contributed by atoms with E-state index in [1.54, 1.807) is 13.0 Å². The van der Waals surface area contributed by atoms with E-state index >= 15 is 0 Å². The van der Waals surface area contributed by atoms with Gasteiger partial charge in [-0.3, -0.25) is 23.8 Å². The van der Waals surface area contributed by atoms with Gasteiger partial charge in [0.15, 0.2) is 5.76 Å². The van der Waals surface area contributed by atoms with Gasteiger partial charge in [-0.15, -0.1) is 0 Å². The Kier molecular flexibility index (Phi) is 13.8. The van der Waals surface area contributed by atoms with E-state index in [0.29, 0.717) is 18.4 Å². The van der Waals surface area contributed by atoms with E-state index in [0.717, 1.165) is 24.8 Å². The Morgan fingerprint density at radius 1 is 0.911 bits per heavy atom. The van der Waals surface area contributed by atoms with E-state index in [9.17, 15) is 28.7 Å². The summed E-state index contributed by atoms with van der Waals surface area (Å²) in [6, 6.07) is 16.6. The van der Waals surface area contributed by atoms with Crippen LogP contribution >= 0.6 is 7.60 Å². The van der Waals surface area contributed by atoms with Crippen LogP contribution in [0.15, 0.2) is 65.1 Å². The van der Waals surface area contributed by atoms with Crippen molar-refractivity contribution in [2.45, 2.75) is 59.5 Å². The summed E-state index contributed by atoms with van der Waals surface area (Å²) in [5, 5.41) is 5.07. The highest BCUT2D eigenvalue weighted by Crippen LogP contribution is 2.39. The van der Waals surface area contributed by atoms with Crippen molar-refractivity contribution in [2.75, 3.05) is 13.3 Å². The summed E-state index contributed by atoms with van der Waals surface area (Å²) in [6.07, 6.45) is 3.57. The van der Waals surface area contributed by atoms with Crippen LogP contribution in [0.5, 0.6) is 5.75 Å². The highest BCUT2D eigenvalue weighted by molar-refractivity contribution is 7.60. The molecule has 0 saturated carbocycles. The highest BCUT2D eigenvalue weighted by Gasteiger charge is 2.32. The highest BCUT2D eigenvalue weighted by atomic mass is 31.2. The second kappa shape index (κ2) is 17.5. The molecule has 13 heteroatoms. The second-order valence-corrected chi connectivity index (χ2v) is 12.0. The number of hydrogen-bond acceptors (Lipinski definition) is 7. The van der Waals surface area contributed by atoms with E-state index in [1.807, 2.05) is 37.3 Å². The fraction of sp³-hybridized carbons (Fsp3) is 0.406. The van der Waals surface area contributed by atoms with Gasteiger partial charge in [-0.1, -0.05) is 69.5 Å². The third kappa shape index (κ3) is 10.6. The number of carbonyl (C=O) groups is 3. The number of hydrogen-bond donors (Lipinski definition) is 5. The van der Waals surface area contributed by atoms with E-state index in [-0.39, 0.29) is 54.3 Å². The van der Waals surface area contributed by atoms with Crippen molar-refractivity contribution in [2.24, 2.45) is 11.8 Å². The van der Waals surface area contributed by atoms with Crippen molar-refractivity contribution in [1.29, 1.82) is 0 Å². The quantitative estimate of drug-likeness (QED) is 0.0581. The van der Waals surface area contributed by atoms with Gasteiger partial charge in [0.05, 0.1) is 25.8 Å². The summed E-state index contributed by atoms with van der Waals surface area (Å²) in [6.45, 7) is 5.79. The molecule has 5 N–H and O–H groups in total. The largest absolute Gasteiger partial charge is 0.493 e. The fourth-order valence-corrected chi connectivity index (χ4v) is 5.53. The first-order valence-corrected chi connectivity index (χ1v) is 16.6. The molecule has 0 saturated heterocycles. The Bertz CT molecular complexity index is 1460. The molecule has 0 bridgehead atoms. The molecule has 0 fully saturated rings. The normalized spacial score (nSPS) is 12.6. The molecule has 12 nitrogen and oxygen atoms in total. The fourth-order valence-electron chi connectivity index (χ4n) is 4.85. The van der Waals surface area contributed by atoms with Gasteiger partial charge in [-0.2, -0.15) is 0 Å². The maximum Gasteiger partial charge on any atom is 0.359 e. The average Bonchev–Trinajstić information content (AvgIpc) is 3.51. The number of furan rings is 1. The van der Waals surface area contributed by atoms with Crippen LogP contribution in [0.4, 0.5) is 0 Å². The molecule has 0 aliphatic carbocycles. The van der Waals surface area contributed by atoms with Crippen LogP contribution in [-0.4, -0.2) is 40.8 Å². The molecule has 2 atom stereocenters. The molecule has 3 aromatic rings. The first kappa shape index (κ1) is 35.5. The molecule has 0 spiro atoms. The Balaban J connectivity index is 1.60. The summed E-state index contributed by atoms with van der Waals surface area (Å²) in [5.41, 5.74) is 3.84. The minimum Gasteiger partial charge on any atom is -0.493 e. The first-order valence-electron chi connectivity index (χ1n) is 15.0. The molecule has 3 rings (SSSR count). The summed E-state index contributed by atoms with van der Waals surface area (Å²) >= 11 is 0. The molecule has 45 heavy (non-hydrogen) atoms. The monoisotopic (exact) mass is 643 g/mol. The maximum absolute atomic E-state index is 13.3. The van der Waals surface area contributed by atoms with Crippen molar-refractivity contribution in [1.82, 2.24) is 16.1 Å². The van der Waals surface area contributed by atoms with Crippen LogP contribution < -0.4 is 26.2 Å². The number of hydroxylamine groups is 1. The Hall–Kier alpha value is -3.96. The van der Waals surface area contributed by atoms with Crippen molar-refractivity contribution in [3.8, 4) is 17.1 Å². The topological polar surface area (TPSA) is 176 Å². The standard InChI is InChI=1S/C32H42N3O9P/c1-4-7-9-14-25(24(5-2)31(37)35-43-20-22-12-10-8-11-13-22)30(36)33-21-34-32(38)27-17-16-26(44-27)23-15-18-29(45(39,40)41)28(19-23)42-6-3/h8,10-13,15-19,24-25H,4-7,9,14,20-21H2,1-3H3,(H,33,36)(H,34,38)(H,35,37)(H2,39,40,41)/t24-,25-/m1/s1. The number of unbranched alkanes of at least 4 members (excludes halogenated alkanes) is 2. The van der Waals surface area contributed by atoms with Crippen LogP contribution in [0, 0.1) is 11.8 Å². The average molecular weight is 644 g/mol. The van der Waals surface area contributed by atoms with E-state index in [2.05, 4.69) is 23.0 Å². The lowest BCUT2D eigenvalue weighted by Crippen LogP contribution is -2.45. The summed E-state index contributed by atoms with van der Waals surface area (Å²) in [5.74, 6) is -2.29. The first-order chi connectivity index (χ1) is 21.6. The second-order valence-electron chi connectivity index (χ2n) is 10.4. The predicted molar refractivity (Wildman–Crippen MR) is 168 cm³/mol. The molecule has 0 unspecified atom stereocenters. The summed E-state index contributed by atoms with van der Waals surface area (Å²) in [4.78, 5) is 63.6. The maximum atomic E-state index is 13.3. The molecular formula is C32H42N3O9P. The minimum absolute atomic E-state index is 0.0174. The van der Waals surface area contributed by atoms with Crippen molar-refractivity contribution < 1.29 is 42.7 Å². The van der Waals surface area contributed by atoms with Crippen LogP contribution in [0.3, 0.4) is 0 Å². The lowest BCUT2D eigenvalue weighted by atomic mass is 9.84. The van der Waals surface area contributed by atoms with Crippen LogP contribution in [0.25, 0.3) is 11.3 Å². The lowest BCUT2D eigenvalue weighted by Gasteiger charge is -2.24. The van der Waals surface area contributed by atoms with Gasteiger partial charge in [-0.05, 0) is 49.6 Å². The SMILES string of the molecule is CCCCC[C@@H](C(=O)NCNC(=O)c1ccc(-c2ccc(P(=O)(O)O)c(OCC)c2)o1)[C@@H](CC)C(=O)NOCc1ccccc1. The van der Waals surface area contributed by atoms with Crippen LogP contribution in [0.1, 0.15) is 69.0 Å². The summed E-state index contributed by atoms with van der Waals surface area (Å²) in [7, 11) is -4.56. The molecule has 0 aliphatic rings. The molecule has 0 radical (unpaired) electrons. The molecule has 2 aromatic carbocycles. The lowest BCUT2D eigenvalue weighted by molar-refractivity contribution is -0.144. The number of carbonyl (C=O) groups excluding carboxylic acids is 3. The minimum atomic E-state index is -4.56. The number of rotatable bonds is 18. The number of amides is 3. The number of nitrogens with one attached hydrogen (secondary N) is 3. The molecule has 1 heterocycles. The zero-order valence-electron chi connectivity index (χ0n) is 25.8. The molecule has 244 valence electrons. The third-order valence-electron chi connectivity index (χ3n) is 7.17. The van der Waals surface area contributed by atoms with Gasteiger partial charge in [0, 0.05) is 11.5 Å². The van der Waals surface area contributed by atoms with E-state index < -0.39 is 25.3 Å². The molecule has 1 aromatic heterocycles. The Morgan fingerprint density at radius 3 is 2.33 bits per heavy atom. The predicted octanol–water partition coefficient (Wildman–Crippen LogP) is 4.42. The van der Waals surface area contributed by atoms with Gasteiger partial charge in [0.25, 0.3) is 5.91 Å². The molecule has 0 aliphatic heterocycles. The summed E-state index contributed by atoms with van der Waals surface area (Å²) < 4.78 is 22.9. The Labute approximate surface area is 263 Å². The van der Waals surface area contributed by atoms with Gasteiger partial charge in [0.1, 0.15) is 16.8 Å². The number of benzene rings is 2. The Morgan fingerprint density at radius 2 is 1.67 bits per heavy atom. The number of ether oxygens (including phenoxy) is 1. The van der Waals surface area contributed by atoms with E-state index in [1.165, 1.54) is 24.3 Å². The van der Waals surface area contributed by atoms with E-state index in [4.69, 9.17) is 14.0 Å².